The van der Waals surface area contributed by atoms with Crippen molar-refractivity contribution in [3.05, 3.63) is 113 Å². The molecule has 2 aliphatic heterocycles. The van der Waals surface area contributed by atoms with Crippen LogP contribution in [0.1, 0.15) is 38.8 Å². The average molecular weight is 670 g/mol. The van der Waals surface area contributed by atoms with Crippen LogP contribution in [0.4, 0.5) is 10.5 Å². The fourth-order valence-electron chi connectivity index (χ4n) is 5.67. The summed E-state index contributed by atoms with van der Waals surface area (Å²) in [6, 6.07) is 26.5. The van der Waals surface area contributed by atoms with E-state index in [4.69, 9.17) is 9.47 Å². The number of benzene rings is 3. The van der Waals surface area contributed by atoms with Crippen LogP contribution in [0.3, 0.4) is 0 Å². The van der Waals surface area contributed by atoms with Gasteiger partial charge in [0, 0.05) is 0 Å². The van der Waals surface area contributed by atoms with Crippen molar-refractivity contribution in [1.82, 2.24) is 19.6 Å². The van der Waals surface area contributed by atoms with Crippen molar-refractivity contribution in [2.45, 2.75) is 25.8 Å². The Morgan fingerprint density at radius 3 is 2.20 bits per heavy atom. The molecule has 2 aliphatic rings. The van der Waals surface area contributed by atoms with Gasteiger partial charge in [-0.25, -0.2) is 0 Å². The SMILES string of the molecule is CO[C@@H](C(=O)N1Cc2c([AsH]C(=O)c3ccc(N4CCN(C)CC4)cc3)nn(C(=O)OCc3ccccc3)c2C1)c1ccccc1. The van der Waals surface area contributed by atoms with Crippen molar-refractivity contribution in [2.24, 2.45) is 0 Å². The number of rotatable bonds is 9. The van der Waals surface area contributed by atoms with Gasteiger partial charge in [0.05, 0.1) is 0 Å². The Bertz CT molecular complexity index is 1650. The Balaban J connectivity index is 1.22. The summed E-state index contributed by atoms with van der Waals surface area (Å²) < 4.78 is 13.0. The number of likely N-dealkylation sites (N-methyl/N-ethyl adjacent to an activating group) is 1. The van der Waals surface area contributed by atoms with Crippen LogP contribution in [0, 0.1) is 0 Å². The number of piperazine rings is 1. The molecule has 0 N–H and O–H groups in total. The average Bonchev–Trinajstić information content (AvgIpc) is 3.66. The van der Waals surface area contributed by atoms with Gasteiger partial charge in [0.15, 0.2) is 0 Å². The first-order valence-electron chi connectivity index (χ1n) is 14.9. The van der Waals surface area contributed by atoms with Crippen molar-refractivity contribution < 1.29 is 23.9 Å². The van der Waals surface area contributed by atoms with Gasteiger partial charge in [-0.1, -0.05) is 0 Å². The van der Waals surface area contributed by atoms with Gasteiger partial charge in [-0.15, -0.1) is 0 Å². The molecular formula is C34H36AsN5O5. The molecule has 1 amide bonds. The van der Waals surface area contributed by atoms with Crippen molar-refractivity contribution in [2.75, 3.05) is 45.2 Å². The first-order chi connectivity index (χ1) is 21.9. The maximum atomic E-state index is 13.7. The van der Waals surface area contributed by atoms with E-state index >= 15 is 0 Å². The molecule has 1 fully saturated rings. The quantitative estimate of drug-likeness (QED) is 0.251. The summed E-state index contributed by atoms with van der Waals surface area (Å²) in [6.07, 6.45) is -1.43. The molecule has 0 saturated carbocycles. The molecule has 0 spiro atoms. The first-order valence-corrected chi connectivity index (χ1v) is 17.0. The second kappa shape index (κ2) is 13.8. The molecule has 3 aromatic carbocycles. The predicted molar refractivity (Wildman–Crippen MR) is 172 cm³/mol. The summed E-state index contributed by atoms with van der Waals surface area (Å²) in [5.74, 6) is -0.221. The van der Waals surface area contributed by atoms with Gasteiger partial charge in [-0.2, -0.15) is 0 Å². The molecule has 2 atom stereocenters. The number of hydrogen-bond donors (Lipinski definition) is 0. The number of aromatic nitrogens is 2. The third-order valence-electron chi connectivity index (χ3n) is 8.26. The van der Waals surface area contributed by atoms with Crippen LogP contribution in [0.2, 0.25) is 0 Å². The Morgan fingerprint density at radius 2 is 1.53 bits per heavy atom. The van der Waals surface area contributed by atoms with Crippen molar-refractivity contribution >= 4 is 42.5 Å². The standard InChI is InChI=1S/C34H36AsN5O5/c1-37-17-19-38(20-18-37)27-15-13-26(14-16-27)32(41)35-31-28-21-39(33(42)30(44-2)25-11-7-4-8-12-25)22-29(28)40(36-31)34(43)45-23-24-9-5-3-6-10-24/h3-16,30,35H,17-23H2,1-2H3/t30-/m1/s1. The minimum atomic E-state index is -1.45. The third kappa shape index (κ3) is 6.88. The van der Waals surface area contributed by atoms with E-state index < -0.39 is 27.9 Å². The number of ether oxygens (including phenoxy) is 2. The molecule has 1 unspecified atom stereocenters. The Labute approximate surface area is 269 Å². The number of carbonyl (C=O) groups excluding carboxylic acids is 3. The predicted octanol–water partition coefficient (Wildman–Crippen LogP) is 2.95. The Hall–Kier alpha value is -4.24. The second-order valence-electron chi connectivity index (χ2n) is 11.2. The molecule has 4 aromatic rings. The molecular weight excluding hydrogens is 633 g/mol. The molecule has 0 aliphatic carbocycles. The van der Waals surface area contributed by atoms with Crippen LogP contribution in [0.5, 0.6) is 0 Å². The molecule has 45 heavy (non-hydrogen) atoms. The van der Waals surface area contributed by atoms with Gasteiger partial charge in [0.1, 0.15) is 0 Å². The topological polar surface area (TPSA) is 97.2 Å². The molecule has 0 radical (unpaired) electrons. The van der Waals surface area contributed by atoms with Crippen LogP contribution in [-0.2, 0) is 34.0 Å². The minimum absolute atomic E-state index is 0.00820. The summed E-state index contributed by atoms with van der Waals surface area (Å²) in [7, 11) is 3.63. The first kappa shape index (κ1) is 30.8. The van der Waals surface area contributed by atoms with Gasteiger partial charge in [-0.3, -0.25) is 0 Å². The summed E-state index contributed by atoms with van der Waals surface area (Å²) in [5.41, 5.74) is 4.63. The van der Waals surface area contributed by atoms with E-state index in [-0.39, 0.29) is 30.2 Å². The summed E-state index contributed by atoms with van der Waals surface area (Å²) in [5, 5.41) is 4.62. The van der Waals surface area contributed by atoms with Crippen LogP contribution in [-0.4, -0.2) is 92.2 Å². The van der Waals surface area contributed by atoms with Gasteiger partial charge < -0.3 is 0 Å². The van der Waals surface area contributed by atoms with E-state index in [2.05, 4.69) is 21.9 Å². The van der Waals surface area contributed by atoms with E-state index in [0.29, 0.717) is 15.7 Å². The fraction of sp³-hybridized carbons (Fsp3) is 0.294. The van der Waals surface area contributed by atoms with E-state index in [1.54, 1.807) is 4.90 Å². The van der Waals surface area contributed by atoms with Crippen molar-refractivity contribution in [3.8, 4) is 0 Å². The molecule has 232 valence electrons. The monoisotopic (exact) mass is 669 g/mol. The summed E-state index contributed by atoms with van der Waals surface area (Å²) in [6.45, 7) is 4.39. The van der Waals surface area contributed by atoms with Gasteiger partial charge in [0.2, 0.25) is 0 Å². The summed E-state index contributed by atoms with van der Waals surface area (Å²) in [4.78, 5) is 46.8. The van der Waals surface area contributed by atoms with Crippen LogP contribution in [0.25, 0.3) is 0 Å². The molecule has 0 bridgehead atoms. The van der Waals surface area contributed by atoms with E-state index in [0.717, 1.165) is 48.6 Å². The van der Waals surface area contributed by atoms with Crippen molar-refractivity contribution in [1.29, 1.82) is 0 Å². The second-order valence-corrected chi connectivity index (χ2v) is 13.7. The molecule has 10 nitrogen and oxygen atoms in total. The number of fused-ring (bicyclic) bond motifs is 1. The van der Waals surface area contributed by atoms with Crippen LogP contribution >= 0.6 is 0 Å². The van der Waals surface area contributed by atoms with Crippen molar-refractivity contribution in [3.63, 3.8) is 0 Å². The number of methoxy groups -OCH3 is 1. The fourth-order valence-corrected chi connectivity index (χ4v) is 7.87. The van der Waals surface area contributed by atoms with Crippen LogP contribution in [0.15, 0.2) is 84.9 Å². The molecule has 3 heterocycles. The Kier molecular flexibility index (Phi) is 9.44. The van der Waals surface area contributed by atoms with E-state index in [1.165, 1.54) is 11.8 Å². The van der Waals surface area contributed by atoms with Gasteiger partial charge >= 0.3 is 270 Å². The van der Waals surface area contributed by atoms with Crippen LogP contribution < -0.4 is 9.38 Å². The maximum absolute atomic E-state index is 13.7. The van der Waals surface area contributed by atoms with Gasteiger partial charge in [0.25, 0.3) is 0 Å². The molecule has 1 saturated heterocycles. The number of anilines is 1. The third-order valence-corrected chi connectivity index (χ3v) is 10.7. The zero-order valence-corrected chi connectivity index (χ0v) is 27.5. The molecule has 11 heteroatoms. The van der Waals surface area contributed by atoms with E-state index in [1.807, 2.05) is 84.9 Å². The summed E-state index contributed by atoms with van der Waals surface area (Å²) >= 11 is -1.45. The Morgan fingerprint density at radius 1 is 0.867 bits per heavy atom. The molecule has 6 rings (SSSR count). The number of nitrogens with zero attached hydrogens (tertiary/aromatic N) is 5. The number of hydrogen-bond acceptors (Lipinski definition) is 8. The zero-order valence-electron chi connectivity index (χ0n) is 25.4. The van der Waals surface area contributed by atoms with E-state index in [9.17, 15) is 14.4 Å². The molecule has 1 aromatic heterocycles. The number of carbonyl (C=O) groups is 3. The zero-order chi connectivity index (χ0) is 31.3. The normalized spacial score (nSPS) is 15.8. The van der Waals surface area contributed by atoms with Gasteiger partial charge in [-0.05, 0) is 0 Å². The number of amides is 1.